The van der Waals surface area contributed by atoms with E-state index in [2.05, 4.69) is 26.2 Å². The number of benzene rings is 1. The Balaban J connectivity index is 2.12. The average molecular weight is 311 g/mol. The van der Waals surface area contributed by atoms with Crippen LogP contribution in [0.2, 0.25) is 0 Å². The fourth-order valence-corrected chi connectivity index (χ4v) is 1.69. The first-order valence-electron chi connectivity index (χ1n) is 5.35. The first kappa shape index (κ1) is 12.6. The summed E-state index contributed by atoms with van der Waals surface area (Å²) in [5, 5.41) is 2.96. The number of nitrogens with zero attached hydrogens (tertiary/aromatic N) is 1. The van der Waals surface area contributed by atoms with Crippen LogP contribution in [0, 0.1) is 0 Å². The van der Waals surface area contributed by atoms with Gasteiger partial charge in [0, 0.05) is 4.47 Å². The number of hydrogen-bond acceptors (Lipinski definition) is 5. The number of rotatable bonds is 4. The first-order valence-corrected chi connectivity index (χ1v) is 6.14. The molecule has 1 heterocycles. The fraction of sp³-hybridized carbons (Fsp3) is 0.167. The Labute approximate surface area is 112 Å². The monoisotopic (exact) mass is 310 g/mol. The Kier molecular flexibility index (Phi) is 3.99. The Morgan fingerprint density at radius 3 is 3.00 bits per heavy atom. The molecule has 5 nitrogen and oxygen atoms in total. The van der Waals surface area contributed by atoms with Gasteiger partial charge in [0.15, 0.2) is 5.69 Å². The van der Waals surface area contributed by atoms with Crippen molar-refractivity contribution in [3.05, 3.63) is 40.7 Å². The van der Waals surface area contributed by atoms with Crippen LogP contribution in [-0.2, 0) is 4.74 Å². The van der Waals surface area contributed by atoms with E-state index in [-0.39, 0.29) is 11.7 Å². The summed E-state index contributed by atoms with van der Waals surface area (Å²) in [6.07, 6.45) is 1.26. The van der Waals surface area contributed by atoms with Gasteiger partial charge in [-0.15, -0.1) is 0 Å². The third kappa shape index (κ3) is 2.89. The lowest BCUT2D eigenvalue weighted by Gasteiger charge is -2.03. The molecule has 0 fully saturated rings. The number of anilines is 2. The molecule has 0 atom stereocenters. The lowest BCUT2D eigenvalue weighted by atomic mass is 10.3. The van der Waals surface area contributed by atoms with E-state index in [1.165, 1.54) is 6.26 Å². The van der Waals surface area contributed by atoms with Crippen LogP contribution in [-0.4, -0.2) is 17.6 Å². The molecule has 0 saturated heterocycles. The number of halogens is 1. The van der Waals surface area contributed by atoms with Gasteiger partial charge in [0.05, 0.1) is 12.3 Å². The van der Waals surface area contributed by atoms with Crippen molar-refractivity contribution in [2.75, 3.05) is 11.9 Å². The van der Waals surface area contributed by atoms with Crippen LogP contribution in [0.4, 0.5) is 11.7 Å². The van der Waals surface area contributed by atoms with Crippen LogP contribution in [0.3, 0.4) is 0 Å². The molecular weight excluding hydrogens is 300 g/mol. The number of hydrogen-bond donors (Lipinski definition) is 1. The number of oxazole rings is 1. The van der Waals surface area contributed by atoms with Gasteiger partial charge >= 0.3 is 5.97 Å². The van der Waals surface area contributed by atoms with E-state index < -0.39 is 5.97 Å². The summed E-state index contributed by atoms with van der Waals surface area (Å²) in [5.74, 6) is -0.499. The molecule has 0 amide bonds. The van der Waals surface area contributed by atoms with Gasteiger partial charge in [-0.25, -0.2) is 4.79 Å². The third-order valence-corrected chi connectivity index (χ3v) is 2.80. The molecule has 0 aliphatic carbocycles. The van der Waals surface area contributed by atoms with Crippen molar-refractivity contribution in [3.8, 4) is 0 Å². The zero-order valence-corrected chi connectivity index (χ0v) is 11.2. The summed E-state index contributed by atoms with van der Waals surface area (Å²) < 4.78 is 10.8. The van der Waals surface area contributed by atoms with Crippen LogP contribution in [0.15, 0.2) is 39.4 Å². The van der Waals surface area contributed by atoms with Crippen LogP contribution < -0.4 is 5.32 Å². The Hall–Kier alpha value is -1.82. The highest BCUT2D eigenvalue weighted by Gasteiger charge is 2.13. The number of carbonyl (C=O) groups excluding carboxylic acids is 1. The quantitative estimate of drug-likeness (QED) is 0.877. The number of para-hydroxylation sites is 1. The Morgan fingerprint density at radius 2 is 2.28 bits per heavy atom. The SMILES string of the molecule is CCOC(=O)c1coc(Nc2ccccc2Br)n1. The molecule has 1 aromatic carbocycles. The topological polar surface area (TPSA) is 64.4 Å². The second-order valence-corrected chi connectivity index (χ2v) is 4.22. The van der Waals surface area contributed by atoms with E-state index >= 15 is 0 Å². The highest BCUT2D eigenvalue weighted by molar-refractivity contribution is 9.10. The molecule has 0 aliphatic rings. The second kappa shape index (κ2) is 5.68. The van der Waals surface area contributed by atoms with Gasteiger partial charge in [-0.05, 0) is 35.0 Å². The van der Waals surface area contributed by atoms with Gasteiger partial charge in [0.1, 0.15) is 6.26 Å². The van der Waals surface area contributed by atoms with E-state index in [0.29, 0.717) is 6.61 Å². The first-order chi connectivity index (χ1) is 8.70. The molecule has 1 N–H and O–H groups in total. The summed E-state index contributed by atoms with van der Waals surface area (Å²) in [7, 11) is 0. The summed E-state index contributed by atoms with van der Waals surface area (Å²) in [6.45, 7) is 2.04. The molecule has 2 rings (SSSR count). The molecule has 18 heavy (non-hydrogen) atoms. The molecule has 94 valence electrons. The predicted octanol–water partition coefficient (Wildman–Crippen LogP) is 3.36. The number of aromatic nitrogens is 1. The van der Waals surface area contributed by atoms with Crippen LogP contribution in [0.5, 0.6) is 0 Å². The molecule has 1 aromatic heterocycles. The third-order valence-electron chi connectivity index (χ3n) is 2.10. The molecule has 0 bridgehead atoms. The van der Waals surface area contributed by atoms with Gasteiger partial charge in [0.25, 0.3) is 6.01 Å². The zero-order valence-electron chi connectivity index (χ0n) is 9.64. The lowest BCUT2D eigenvalue weighted by Crippen LogP contribution is -2.05. The molecule has 0 spiro atoms. The van der Waals surface area contributed by atoms with Gasteiger partial charge in [0.2, 0.25) is 0 Å². The minimum absolute atomic E-state index is 0.145. The fourth-order valence-electron chi connectivity index (χ4n) is 1.31. The summed E-state index contributed by atoms with van der Waals surface area (Å²) >= 11 is 3.39. The molecule has 0 saturated carbocycles. The van der Waals surface area contributed by atoms with Crippen molar-refractivity contribution >= 4 is 33.6 Å². The minimum Gasteiger partial charge on any atom is -0.461 e. The Bertz CT molecular complexity index is 554. The number of carbonyl (C=O) groups is 1. The molecule has 0 aliphatic heterocycles. The largest absolute Gasteiger partial charge is 0.461 e. The molecule has 2 aromatic rings. The van der Waals surface area contributed by atoms with Crippen molar-refractivity contribution in [3.63, 3.8) is 0 Å². The van der Waals surface area contributed by atoms with Crippen LogP contribution in [0.1, 0.15) is 17.4 Å². The zero-order chi connectivity index (χ0) is 13.0. The lowest BCUT2D eigenvalue weighted by molar-refractivity contribution is 0.0519. The maximum absolute atomic E-state index is 11.4. The van der Waals surface area contributed by atoms with Crippen molar-refractivity contribution in [2.45, 2.75) is 6.92 Å². The van der Waals surface area contributed by atoms with E-state index in [0.717, 1.165) is 10.2 Å². The standard InChI is InChI=1S/C12H11BrN2O3/c1-2-17-11(16)10-7-18-12(15-10)14-9-6-4-3-5-8(9)13/h3-7H,2H2,1H3,(H,14,15). The highest BCUT2D eigenvalue weighted by atomic mass is 79.9. The van der Waals surface area contributed by atoms with Crippen molar-refractivity contribution in [1.29, 1.82) is 0 Å². The number of nitrogens with one attached hydrogen (secondary N) is 1. The normalized spacial score (nSPS) is 10.1. The molecule has 0 radical (unpaired) electrons. The van der Waals surface area contributed by atoms with Crippen molar-refractivity contribution in [2.24, 2.45) is 0 Å². The number of esters is 1. The highest BCUT2D eigenvalue weighted by Crippen LogP contribution is 2.24. The van der Waals surface area contributed by atoms with E-state index in [1.54, 1.807) is 6.92 Å². The number of ether oxygens (including phenoxy) is 1. The Morgan fingerprint density at radius 1 is 1.50 bits per heavy atom. The van der Waals surface area contributed by atoms with Gasteiger partial charge in [-0.2, -0.15) is 4.98 Å². The van der Waals surface area contributed by atoms with E-state index in [9.17, 15) is 4.79 Å². The molecule has 0 unspecified atom stereocenters. The maximum atomic E-state index is 11.4. The van der Waals surface area contributed by atoms with Crippen molar-refractivity contribution in [1.82, 2.24) is 4.98 Å². The summed E-state index contributed by atoms with van der Waals surface area (Å²) in [5.41, 5.74) is 0.946. The summed E-state index contributed by atoms with van der Waals surface area (Å²) in [6, 6.07) is 7.76. The van der Waals surface area contributed by atoms with Gasteiger partial charge < -0.3 is 14.5 Å². The molecular formula is C12H11BrN2O3. The smallest absolute Gasteiger partial charge is 0.360 e. The minimum atomic E-state index is -0.499. The second-order valence-electron chi connectivity index (χ2n) is 3.36. The van der Waals surface area contributed by atoms with Crippen molar-refractivity contribution < 1.29 is 13.9 Å². The van der Waals surface area contributed by atoms with E-state index in [1.807, 2.05) is 24.3 Å². The average Bonchev–Trinajstić information content (AvgIpc) is 2.81. The predicted molar refractivity (Wildman–Crippen MR) is 69.9 cm³/mol. The molecule has 6 heteroatoms. The van der Waals surface area contributed by atoms with Gasteiger partial charge in [-0.1, -0.05) is 12.1 Å². The van der Waals surface area contributed by atoms with Crippen LogP contribution >= 0.6 is 15.9 Å². The van der Waals surface area contributed by atoms with Crippen LogP contribution in [0.25, 0.3) is 0 Å². The van der Waals surface area contributed by atoms with Gasteiger partial charge in [-0.3, -0.25) is 0 Å². The maximum Gasteiger partial charge on any atom is 0.360 e. The van der Waals surface area contributed by atoms with E-state index in [4.69, 9.17) is 9.15 Å². The summed E-state index contributed by atoms with van der Waals surface area (Å²) in [4.78, 5) is 15.4.